The Morgan fingerprint density at radius 1 is 1.30 bits per heavy atom. The van der Waals surface area contributed by atoms with E-state index in [1.54, 1.807) is 0 Å². The zero-order chi connectivity index (χ0) is 14.4. The van der Waals surface area contributed by atoms with Crippen molar-refractivity contribution in [2.75, 3.05) is 11.9 Å². The summed E-state index contributed by atoms with van der Waals surface area (Å²) in [5, 5.41) is 6.50. The molecular weight excluding hydrogens is 248 g/mol. The van der Waals surface area contributed by atoms with E-state index < -0.39 is 0 Å². The van der Waals surface area contributed by atoms with Gasteiger partial charge in [0.1, 0.15) is 0 Å². The van der Waals surface area contributed by atoms with Crippen LogP contribution in [0, 0.1) is 5.92 Å². The predicted octanol–water partition coefficient (Wildman–Crippen LogP) is 3.36. The number of nitrogens with one attached hydrogen (secondary N) is 2. The minimum atomic E-state index is 0.173. The fraction of sp³-hybridized carbons (Fsp3) is 0.588. The summed E-state index contributed by atoms with van der Waals surface area (Å²) in [4.78, 5) is 11.7. The number of amides is 1. The van der Waals surface area contributed by atoms with Gasteiger partial charge in [0, 0.05) is 17.6 Å². The molecule has 0 spiro atoms. The van der Waals surface area contributed by atoms with Gasteiger partial charge in [0.15, 0.2) is 0 Å². The van der Waals surface area contributed by atoms with E-state index in [4.69, 9.17) is 0 Å². The van der Waals surface area contributed by atoms with Gasteiger partial charge in [-0.3, -0.25) is 4.79 Å². The van der Waals surface area contributed by atoms with Crippen molar-refractivity contribution in [3.63, 3.8) is 0 Å². The first kappa shape index (κ1) is 15.0. The normalized spacial score (nSPS) is 15.9. The fourth-order valence-electron chi connectivity index (χ4n) is 2.26. The zero-order valence-corrected chi connectivity index (χ0v) is 12.6. The van der Waals surface area contributed by atoms with Gasteiger partial charge in [0.2, 0.25) is 5.91 Å². The summed E-state index contributed by atoms with van der Waals surface area (Å²) in [6.07, 6.45) is 5.59. The Morgan fingerprint density at radius 2 is 2.00 bits per heavy atom. The van der Waals surface area contributed by atoms with Gasteiger partial charge in [-0.2, -0.15) is 0 Å². The second-order valence-electron chi connectivity index (χ2n) is 5.87. The SMILES string of the molecule is CCCCNC(C)Cc1ccc(NC(=O)C2CC2)cc1. The van der Waals surface area contributed by atoms with Gasteiger partial charge in [-0.25, -0.2) is 0 Å². The van der Waals surface area contributed by atoms with Crippen LogP contribution in [0.15, 0.2) is 24.3 Å². The number of hydrogen-bond donors (Lipinski definition) is 2. The summed E-state index contributed by atoms with van der Waals surface area (Å²) >= 11 is 0. The van der Waals surface area contributed by atoms with E-state index in [0.717, 1.165) is 31.5 Å². The molecule has 0 bridgehead atoms. The van der Waals surface area contributed by atoms with Crippen LogP contribution >= 0.6 is 0 Å². The monoisotopic (exact) mass is 274 g/mol. The first-order chi connectivity index (χ1) is 9.69. The number of carbonyl (C=O) groups excluding carboxylic acids is 1. The molecule has 1 fully saturated rings. The van der Waals surface area contributed by atoms with Gasteiger partial charge in [-0.05, 0) is 56.8 Å². The lowest BCUT2D eigenvalue weighted by atomic mass is 10.1. The molecule has 0 radical (unpaired) electrons. The summed E-state index contributed by atoms with van der Waals surface area (Å²) in [6.45, 7) is 5.52. The fourth-order valence-corrected chi connectivity index (χ4v) is 2.26. The zero-order valence-electron chi connectivity index (χ0n) is 12.6. The Balaban J connectivity index is 1.76. The Bertz CT molecular complexity index is 423. The van der Waals surface area contributed by atoms with Crippen LogP contribution in [-0.2, 0) is 11.2 Å². The predicted molar refractivity (Wildman–Crippen MR) is 83.9 cm³/mol. The van der Waals surface area contributed by atoms with Crippen molar-refractivity contribution < 1.29 is 4.79 Å². The molecule has 0 saturated heterocycles. The largest absolute Gasteiger partial charge is 0.326 e. The van der Waals surface area contributed by atoms with Crippen LogP contribution in [0.3, 0.4) is 0 Å². The molecule has 2 N–H and O–H groups in total. The molecule has 3 heteroatoms. The van der Waals surface area contributed by atoms with Crippen molar-refractivity contribution in [2.24, 2.45) is 5.92 Å². The minimum absolute atomic E-state index is 0.173. The van der Waals surface area contributed by atoms with E-state index in [-0.39, 0.29) is 11.8 Å². The highest BCUT2D eigenvalue weighted by Crippen LogP contribution is 2.30. The molecular formula is C17H26N2O. The summed E-state index contributed by atoms with van der Waals surface area (Å²) in [6, 6.07) is 8.73. The van der Waals surface area contributed by atoms with E-state index in [0.29, 0.717) is 6.04 Å². The molecule has 1 aromatic carbocycles. The highest BCUT2D eigenvalue weighted by atomic mass is 16.2. The van der Waals surface area contributed by atoms with Crippen LogP contribution in [0.1, 0.15) is 45.1 Å². The molecule has 1 aliphatic rings. The first-order valence-electron chi connectivity index (χ1n) is 7.82. The molecule has 0 aromatic heterocycles. The average molecular weight is 274 g/mol. The van der Waals surface area contributed by atoms with Gasteiger partial charge >= 0.3 is 0 Å². The van der Waals surface area contributed by atoms with Crippen molar-refractivity contribution in [1.82, 2.24) is 5.32 Å². The molecule has 0 aliphatic heterocycles. The maximum atomic E-state index is 11.7. The van der Waals surface area contributed by atoms with Crippen LogP contribution in [-0.4, -0.2) is 18.5 Å². The van der Waals surface area contributed by atoms with Crippen molar-refractivity contribution in [3.8, 4) is 0 Å². The summed E-state index contributed by atoms with van der Waals surface area (Å²) in [7, 11) is 0. The average Bonchev–Trinajstić information content (AvgIpc) is 3.26. The second kappa shape index (κ2) is 7.44. The highest BCUT2D eigenvalue weighted by molar-refractivity contribution is 5.93. The molecule has 1 unspecified atom stereocenters. The molecule has 1 aromatic rings. The van der Waals surface area contributed by atoms with Crippen LogP contribution in [0.2, 0.25) is 0 Å². The number of benzene rings is 1. The van der Waals surface area contributed by atoms with Gasteiger partial charge in [-0.1, -0.05) is 25.5 Å². The standard InChI is InChI=1S/C17H26N2O/c1-3-4-11-18-13(2)12-14-5-9-16(10-6-14)19-17(20)15-7-8-15/h5-6,9-10,13,15,18H,3-4,7-8,11-12H2,1-2H3,(H,19,20). The van der Waals surface area contributed by atoms with Crippen LogP contribution in [0.5, 0.6) is 0 Å². The van der Waals surface area contributed by atoms with Crippen molar-refractivity contribution >= 4 is 11.6 Å². The lowest BCUT2D eigenvalue weighted by molar-refractivity contribution is -0.117. The van der Waals surface area contributed by atoms with Gasteiger partial charge in [0.05, 0.1) is 0 Å². The van der Waals surface area contributed by atoms with Crippen LogP contribution in [0.25, 0.3) is 0 Å². The van der Waals surface area contributed by atoms with Crippen LogP contribution < -0.4 is 10.6 Å². The molecule has 3 nitrogen and oxygen atoms in total. The maximum absolute atomic E-state index is 11.7. The lowest BCUT2D eigenvalue weighted by Crippen LogP contribution is -2.28. The molecule has 1 aliphatic carbocycles. The quantitative estimate of drug-likeness (QED) is 0.714. The molecule has 20 heavy (non-hydrogen) atoms. The number of anilines is 1. The first-order valence-corrected chi connectivity index (χ1v) is 7.82. The van der Waals surface area contributed by atoms with Gasteiger partial charge in [0.25, 0.3) is 0 Å². The molecule has 110 valence electrons. The number of rotatable bonds is 8. The smallest absolute Gasteiger partial charge is 0.227 e. The lowest BCUT2D eigenvalue weighted by Gasteiger charge is -2.14. The van der Waals surface area contributed by atoms with Crippen molar-refractivity contribution in [3.05, 3.63) is 29.8 Å². The van der Waals surface area contributed by atoms with E-state index in [2.05, 4.69) is 36.6 Å². The van der Waals surface area contributed by atoms with E-state index in [9.17, 15) is 4.79 Å². The number of unbranched alkanes of at least 4 members (excludes halogenated alkanes) is 1. The Labute approximate surface area is 122 Å². The third-order valence-electron chi connectivity index (χ3n) is 3.73. The van der Waals surface area contributed by atoms with E-state index in [1.165, 1.54) is 18.4 Å². The molecule has 1 amide bonds. The third-order valence-corrected chi connectivity index (χ3v) is 3.73. The van der Waals surface area contributed by atoms with E-state index >= 15 is 0 Å². The van der Waals surface area contributed by atoms with Gasteiger partial charge in [-0.15, -0.1) is 0 Å². The number of hydrogen-bond acceptors (Lipinski definition) is 2. The topological polar surface area (TPSA) is 41.1 Å². The summed E-state index contributed by atoms with van der Waals surface area (Å²) in [5.74, 6) is 0.435. The van der Waals surface area contributed by atoms with Crippen molar-refractivity contribution in [1.29, 1.82) is 0 Å². The Hall–Kier alpha value is -1.35. The molecule has 1 atom stereocenters. The molecule has 2 rings (SSSR count). The molecule has 1 saturated carbocycles. The third kappa shape index (κ3) is 4.97. The molecule has 0 heterocycles. The van der Waals surface area contributed by atoms with Crippen molar-refractivity contribution in [2.45, 2.75) is 52.0 Å². The minimum Gasteiger partial charge on any atom is -0.326 e. The van der Waals surface area contributed by atoms with E-state index in [1.807, 2.05) is 12.1 Å². The number of carbonyl (C=O) groups is 1. The Kier molecular flexibility index (Phi) is 5.60. The van der Waals surface area contributed by atoms with Crippen LogP contribution in [0.4, 0.5) is 5.69 Å². The Morgan fingerprint density at radius 3 is 2.60 bits per heavy atom. The highest BCUT2D eigenvalue weighted by Gasteiger charge is 2.29. The summed E-state index contributed by atoms with van der Waals surface area (Å²) < 4.78 is 0. The second-order valence-corrected chi connectivity index (χ2v) is 5.87. The maximum Gasteiger partial charge on any atom is 0.227 e. The summed E-state index contributed by atoms with van der Waals surface area (Å²) in [5.41, 5.74) is 2.23. The van der Waals surface area contributed by atoms with Gasteiger partial charge < -0.3 is 10.6 Å².